The summed E-state index contributed by atoms with van der Waals surface area (Å²) < 4.78 is 3.34. The lowest BCUT2D eigenvalue weighted by molar-refractivity contribution is 0.768. The third kappa shape index (κ3) is 3.17. The van der Waals surface area contributed by atoms with Crippen LogP contribution in [0, 0.1) is 3.57 Å². The number of nitrogens with one attached hydrogen (secondary N) is 1. The fourth-order valence-corrected chi connectivity index (χ4v) is 4.13. The summed E-state index contributed by atoms with van der Waals surface area (Å²) in [4.78, 5) is 1.38. The van der Waals surface area contributed by atoms with E-state index in [0.29, 0.717) is 0 Å². The smallest absolute Gasteiger partial charge is 0.133 e. The summed E-state index contributed by atoms with van der Waals surface area (Å²) in [5, 5.41) is 10.7. The van der Waals surface area contributed by atoms with Crippen LogP contribution in [-0.2, 0) is 12.8 Å². The average Bonchev–Trinajstić information content (AvgIpc) is 3.11. The van der Waals surface area contributed by atoms with E-state index in [1.54, 1.807) is 0 Å². The number of hydrogen-bond acceptors (Lipinski definition) is 3. The van der Waals surface area contributed by atoms with Gasteiger partial charge < -0.3 is 5.32 Å². The van der Waals surface area contributed by atoms with Crippen LogP contribution in [-0.4, -0.2) is 16.3 Å². The Balaban J connectivity index is 1.79. The molecule has 0 saturated carbocycles. The van der Waals surface area contributed by atoms with E-state index >= 15 is 0 Å². The molecule has 1 N–H and O–H groups in total. The second kappa shape index (κ2) is 6.65. The van der Waals surface area contributed by atoms with Gasteiger partial charge in [-0.1, -0.05) is 6.07 Å². The summed E-state index contributed by atoms with van der Waals surface area (Å²) in [5.41, 5.74) is 3.75. The third-order valence-corrected chi connectivity index (χ3v) is 5.80. The second-order valence-corrected chi connectivity index (χ2v) is 8.08. The number of thiophene rings is 1. The molecule has 0 spiro atoms. The Morgan fingerprint density at radius 1 is 1.17 bits per heavy atom. The van der Waals surface area contributed by atoms with Crippen molar-refractivity contribution in [3.63, 3.8) is 0 Å². The van der Waals surface area contributed by atoms with E-state index in [-0.39, 0.29) is 0 Å². The van der Waals surface area contributed by atoms with Crippen LogP contribution in [0.3, 0.4) is 0 Å². The van der Waals surface area contributed by atoms with E-state index in [1.165, 1.54) is 38.4 Å². The van der Waals surface area contributed by atoms with Crippen LogP contribution in [0.25, 0.3) is 5.69 Å². The number of nitrogens with zero attached hydrogens (tertiary/aromatic N) is 2. The van der Waals surface area contributed by atoms with E-state index in [1.807, 2.05) is 11.3 Å². The molecule has 0 unspecified atom stereocenters. The zero-order valence-electron chi connectivity index (χ0n) is 12.8. The van der Waals surface area contributed by atoms with Gasteiger partial charge in [0.1, 0.15) is 5.82 Å². The van der Waals surface area contributed by atoms with Crippen molar-refractivity contribution < 1.29 is 0 Å². The maximum atomic E-state index is 4.97. The van der Waals surface area contributed by atoms with Gasteiger partial charge in [-0.25, -0.2) is 4.68 Å². The number of anilines is 1. The van der Waals surface area contributed by atoms with Gasteiger partial charge >= 0.3 is 0 Å². The molecule has 0 atom stereocenters. The molecule has 118 valence electrons. The number of benzene rings is 1. The molecular formula is C18H18IN3S. The van der Waals surface area contributed by atoms with Crippen LogP contribution in [0.1, 0.15) is 29.0 Å². The lowest BCUT2D eigenvalue weighted by Gasteiger charge is -2.09. The molecule has 3 heterocycles. The lowest BCUT2D eigenvalue weighted by Crippen LogP contribution is -2.07. The zero-order chi connectivity index (χ0) is 15.6. The maximum absolute atomic E-state index is 4.97. The highest BCUT2D eigenvalue weighted by atomic mass is 127. The van der Waals surface area contributed by atoms with Crippen molar-refractivity contribution in [3.05, 3.63) is 61.5 Å². The van der Waals surface area contributed by atoms with Gasteiger partial charge in [-0.15, -0.1) is 11.3 Å². The van der Waals surface area contributed by atoms with Crippen LogP contribution in [0.2, 0.25) is 0 Å². The van der Waals surface area contributed by atoms with E-state index in [9.17, 15) is 0 Å². The van der Waals surface area contributed by atoms with Gasteiger partial charge in [0, 0.05) is 27.0 Å². The summed E-state index contributed by atoms with van der Waals surface area (Å²) in [6.07, 6.45) is 4.50. The molecule has 5 heteroatoms. The predicted molar refractivity (Wildman–Crippen MR) is 105 cm³/mol. The molecule has 0 aliphatic carbocycles. The van der Waals surface area contributed by atoms with Gasteiger partial charge in [-0.2, -0.15) is 5.10 Å². The average molecular weight is 435 g/mol. The van der Waals surface area contributed by atoms with E-state index in [4.69, 9.17) is 5.10 Å². The monoisotopic (exact) mass is 435 g/mol. The molecular weight excluding hydrogens is 417 g/mol. The van der Waals surface area contributed by atoms with Gasteiger partial charge in [0.25, 0.3) is 0 Å². The van der Waals surface area contributed by atoms with Crippen LogP contribution in [0.15, 0.2) is 41.8 Å². The lowest BCUT2D eigenvalue weighted by atomic mass is 10.1. The number of aromatic nitrogens is 2. The van der Waals surface area contributed by atoms with Crippen LogP contribution >= 0.6 is 33.9 Å². The number of halogens is 1. The van der Waals surface area contributed by atoms with Crippen molar-refractivity contribution in [3.8, 4) is 5.69 Å². The van der Waals surface area contributed by atoms with E-state index < -0.39 is 0 Å². The third-order valence-electron chi connectivity index (χ3n) is 4.21. The largest absolute Gasteiger partial charge is 0.370 e. The van der Waals surface area contributed by atoms with Crippen molar-refractivity contribution in [2.75, 3.05) is 11.9 Å². The van der Waals surface area contributed by atoms with Gasteiger partial charge in [-0.3, -0.25) is 0 Å². The van der Waals surface area contributed by atoms with Crippen molar-refractivity contribution in [2.24, 2.45) is 0 Å². The molecule has 23 heavy (non-hydrogen) atoms. The van der Waals surface area contributed by atoms with Crippen LogP contribution < -0.4 is 5.32 Å². The van der Waals surface area contributed by atoms with Gasteiger partial charge in [0.2, 0.25) is 0 Å². The predicted octanol–water partition coefficient (Wildman–Crippen LogP) is 4.88. The zero-order valence-corrected chi connectivity index (χ0v) is 15.7. The topological polar surface area (TPSA) is 29.9 Å². The Bertz CT molecular complexity index is 791. The summed E-state index contributed by atoms with van der Waals surface area (Å²) in [7, 11) is 0. The highest BCUT2D eigenvalue weighted by Crippen LogP contribution is 2.30. The molecule has 3 nitrogen and oxygen atoms in total. The highest BCUT2D eigenvalue weighted by Gasteiger charge is 2.20. The molecule has 1 aliphatic rings. The van der Waals surface area contributed by atoms with Gasteiger partial charge in [-0.05, 0) is 77.6 Å². The van der Waals surface area contributed by atoms with Gasteiger partial charge in [0.15, 0.2) is 0 Å². The minimum atomic E-state index is 0.930. The molecule has 0 radical (unpaired) electrons. The molecule has 0 saturated heterocycles. The Morgan fingerprint density at radius 2 is 2.04 bits per heavy atom. The summed E-state index contributed by atoms with van der Waals surface area (Å²) in [6, 6.07) is 12.9. The molecule has 2 aromatic heterocycles. The number of fused-ring (bicyclic) bond motifs is 1. The summed E-state index contributed by atoms with van der Waals surface area (Å²) in [5.74, 6) is 1.19. The Morgan fingerprint density at radius 3 is 2.83 bits per heavy atom. The molecule has 1 aliphatic heterocycles. The molecule has 3 aromatic rings. The normalized spacial score (nSPS) is 14.1. The maximum Gasteiger partial charge on any atom is 0.133 e. The standard InChI is InChI=1S/C18H18IN3S/c19-13-6-8-14(9-7-13)22-18-16(5-1-2-10-20-18)17(21-22)12-15-4-3-11-23-15/h3-4,6-9,11,20H,1-2,5,10,12H2. The van der Waals surface area contributed by atoms with Crippen molar-refractivity contribution >= 4 is 39.7 Å². The van der Waals surface area contributed by atoms with Gasteiger partial charge in [0.05, 0.1) is 11.4 Å². The van der Waals surface area contributed by atoms with Crippen molar-refractivity contribution in [2.45, 2.75) is 25.7 Å². The Labute approximate surface area is 153 Å². The second-order valence-electron chi connectivity index (χ2n) is 5.80. The van der Waals surface area contributed by atoms with Crippen LogP contribution in [0.4, 0.5) is 5.82 Å². The fraction of sp³-hybridized carbons (Fsp3) is 0.278. The molecule has 0 amide bonds. The summed E-state index contributed by atoms with van der Waals surface area (Å²) in [6.45, 7) is 1.03. The minimum absolute atomic E-state index is 0.930. The molecule has 0 bridgehead atoms. The van der Waals surface area contributed by atoms with E-state index in [2.05, 4.69) is 74.4 Å². The number of hydrogen-bond donors (Lipinski definition) is 1. The summed E-state index contributed by atoms with van der Waals surface area (Å²) >= 11 is 4.15. The first-order chi connectivity index (χ1) is 11.3. The molecule has 4 rings (SSSR count). The first-order valence-corrected chi connectivity index (χ1v) is 9.90. The molecule has 1 aromatic carbocycles. The van der Waals surface area contributed by atoms with Crippen molar-refractivity contribution in [1.82, 2.24) is 9.78 Å². The van der Waals surface area contributed by atoms with Crippen LogP contribution in [0.5, 0.6) is 0 Å². The van der Waals surface area contributed by atoms with Crippen molar-refractivity contribution in [1.29, 1.82) is 0 Å². The first-order valence-electron chi connectivity index (χ1n) is 7.94. The molecule has 0 fully saturated rings. The Kier molecular flexibility index (Phi) is 4.39. The first kappa shape index (κ1) is 15.2. The Hall–Kier alpha value is -1.34. The quantitative estimate of drug-likeness (QED) is 0.595. The fourth-order valence-electron chi connectivity index (χ4n) is 3.06. The highest BCUT2D eigenvalue weighted by molar-refractivity contribution is 14.1. The minimum Gasteiger partial charge on any atom is -0.370 e. The SMILES string of the molecule is Ic1ccc(-n2nc(Cc3cccs3)c3c2NCCCC3)cc1. The van der Waals surface area contributed by atoms with E-state index in [0.717, 1.165) is 25.1 Å². The number of rotatable bonds is 3.